The molecule has 0 saturated heterocycles. The number of hydrogen-bond donors (Lipinski definition) is 2. The minimum absolute atomic E-state index is 0.0779. The highest BCUT2D eigenvalue weighted by Gasteiger charge is 2.33. The Bertz CT molecular complexity index is 1280. The fourth-order valence-electron chi connectivity index (χ4n) is 3.52. The zero-order valence-corrected chi connectivity index (χ0v) is 20.2. The molecule has 0 radical (unpaired) electrons. The van der Waals surface area contributed by atoms with Gasteiger partial charge in [0.05, 0.1) is 15.6 Å². The van der Waals surface area contributed by atoms with E-state index in [0.717, 1.165) is 11.6 Å². The van der Waals surface area contributed by atoms with E-state index in [2.05, 4.69) is 5.32 Å². The number of hydrogen-bond acceptors (Lipinski definition) is 4. The normalized spacial score (nSPS) is 16.4. The van der Waals surface area contributed by atoms with Gasteiger partial charge in [0, 0.05) is 22.2 Å². The molecule has 3 aromatic rings. The summed E-state index contributed by atoms with van der Waals surface area (Å²) in [4.78, 5) is 24.3. The van der Waals surface area contributed by atoms with Crippen molar-refractivity contribution in [2.75, 3.05) is 5.32 Å². The van der Waals surface area contributed by atoms with Gasteiger partial charge in [-0.05, 0) is 43.3 Å². The van der Waals surface area contributed by atoms with Crippen molar-refractivity contribution in [3.8, 4) is 17.2 Å². The van der Waals surface area contributed by atoms with Gasteiger partial charge in [-0.25, -0.2) is 9.18 Å². The van der Waals surface area contributed by atoms with Crippen LogP contribution in [0.3, 0.4) is 0 Å². The van der Waals surface area contributed by atoms with Gasteiger partial charge in [0.2, 0.25) is 0 Å². The average Bonchev–Trinajstić information content (AvgIpc) is 3.07. The molecule has 0 fully saturated rings. The van der Waals surface area contributed by atoms with Gasteiger partial charge in [-0.2, -0.15) is 0 Å². The average molecular weight is 524 g/mol. The summed E-state index contributed by atoms with van der Waals surface area (Å²) in [6.45, 7) is 3.95. The highest BCUT2D eigenvalue weighted by atomic mass is 35.5. The number of ether oxygens (including phenoxy) is 2. The SMILES string of the molecule is CC1Oc2c(Oc3c(Cl)cc(NC(=O)NC(=O)c4ccccc4F)cc3Cl)ccc(Cl)c2C1C. The Morgan fingerprint density at radius 2 is 1.68 bits per heavy atom. The number of benzene rings is 3. The van der Waals surface area contributed by atoms with Crippen molar-refractivity contribution in [3.63, 3.8) is 0 Å². The lowest BCUT2D eigenvalue weighted by molar-refractivity contribution is 0.0963. The number of amides is 3. The van der Waals surface area contributed by atoms with Crippen LogP contribution in [0.2, 0.25) is 15.1 Å². The van der Waals surface area contributed by atoms with E-state index < -0.39 is 17.8 Å². The third-order valence-corrected chi connectivity index (χ3v) is 6.27. The maximum absolute atomic E-state index is 13.7. The lowest BCUT2D eigenvalue weighted by Crippen LogP contribution is -2.34. The molecule has 1 aliphatic heterocycles. The first-order chi connectivity index (χ1) is 16.2. The van der Waals surface area contributed by atoms with Crippen LogP contribution in [-0.4, -0.2) is 18.0 Å². The molecule has 0 spiro atoms. The molecule has 3 aromatic carbocycles. The molecule has 0 saturated carbocycles. The zero-order valence-electron chi connectivity index (χ0n) is 17.9. The molecular weight excluding hydrogens is 506 g/mol. The second-order valence-corrected chi connectivity index (χ2v) is 8.88. The number of nitrogens with one attached hydrogen (secondary N) is 2. The van der Waals surface area contributed by atoms with Crippen LogP contribution in [0.4, 0.5) is 14.9 Å². The van der Waals surface area contributed by atoms with Crippen molar-refractivity contribution in [2.24, 2.45) is 0 Å². The first-order valence-electron chi connectivity index (χ1n) is 10.2. The Morgan fingerprint density at radius 1 is 1.00 bits per heavy atom. The molecule has 4 rings (SSSR count). The van der Waals surface area contributed by atoms with Crippen molar-refractivity contribution in [2.45, 2.75) is 25.9 Å². The lowest BCUT2D eigenvalue weighted by atomic mass is 9.98. The van der Waals surface area contributed by atoms with E-state index in [1.807, 2.05) is 19.2 Å². The molecule has 34 heavy (non-hydrogen) atoms. The molecule has 0 aliphatic carbocycles. The molecule has 0 aromatic heterocycles. The number of urea groups is 1. The molecule has 2 atom stereocenters. The Morgan fingerprint density at radius 3 is 2.35 bits per heavy atom. The first-order valence-corrected chi connectivity index (χ1v) is 11.3. The third kappa shape index (κ3) is 4.78. The summed E-state index contributed by atoms with van der Waals surface area (Å²) in [6.07, 6.45) is -0.0830. The first kappa shape index (κ1) is 24.1. The summed E-state index contributed by atoms with van der Waals surface area (Å²) in [5.41, 5.74) is 0.771. The highest BCUT2D eigenvalue weighted by Crippen LogP contribution is 2.50. The number of fused-ring (bicyclic) bond motifs is 1. The summed E-state index contributed by atoms with van der Waals surface area (Å²) in [6, 6.07) is 10.6. The molecular formula is C24H18Cl3FN2O4. The maximum Gasteiger partial charge on any atom is 0.326 e. The standard InChI is InChI=1S/C24H18Cl3FN2O4/c1-11-12(2)33-22-19(8-7-15(25)20(11)22)34-21-16(26)9-13(10-17(21)27)29-24(32)30-23(31)14-5-3-4-6-18(14)28/h3-12H,1-2H3,(H2,29,30,31,32). The monoisotopic (exact) mass is 522 g/mol. The van der Waals surface area contributed by atoms with Crippen LogP contribution >= 0.6 is 34.8 Å². The van der Waals surface area contributed by atoms with Crippen LogP contribution in [-0.2, 0) is 0 Å². The Hall–Kier alpha value is -3.00. The van der Waals surface area contributed by atoms with Gasteiger partial charge >= 0.3 is 6.03 Å². The molecule has 1 aliphatic rings. The van der Waals surface area contributed by atoms with E-state index in [4.69, 9.17) is 44.3 Å². The second-order valence-electron chi connectivity index (χ2n) is 7.66. The fourth-order valence-corrected chi connectivity index (χ4v) is 4.41. The van der Waals surface area contributed by atoms with Gasteiger partial charge in [-0.1, -0.05) is 53.9 Å². The predicted molar refractivity (Wildman–Crippen MR) is 129 cm³/mol. The lowest BCUT2D eigenvalue weighted by Gasteiger charge is -2.15. The maximum atomic E-state index is 13.7. The largest absolute Gasteiger partial charge is 0.486 e. The Balaban J connectivity index is 1.51. The molecule has 0 bridgehead atoms. The van der Waals surface area contributed by atoms with Gasteiger partial charge in [-0.15, -0.1) is 0 Å². The summed E-state index contributed by atoms with van der Waals surface area (Å²) in [5, 5.41) is 5.26. The van der Waals surface area contributed by atoms with E-state index in [1.165, 1.54) is 30.3 Å². The van der Waals surface area contributed by atoms with Crippen LogP contribution in [0.15, 0.2) is 48.5 Å². The molecule has 2 unspecified atom stereocenters. The minimum Gasteiger partial charge on any atom is -0.486 e. The summed E-state index contributed by atoms with van der Waals surface area (Å²) in [7, 11) is 0. The minimum atomic E-state index is -0.896. The number of rotatable bonds is 4. The van der Waals surface area contributed by atoms with Gasteiger partial charge < -0.3 is 14.8 Å². The molecule has 2 N–H and O–H groups in total. The molecule has 6 nitrogen and oxygen atoms in total. The van der Waals surface area contributed by atoms with Crippen molar-refractivity contribution in [3.05, 3.63) is 80.5 Å². The van der Waals surface area contributed by atoms with Crippen molar-refractivity contribution >= 4 is 52.4 Å². The molecule has 176 valence electrons. The fraction of sp³-hybridized carbons (Fsp3) is 0.167. The van der Waals surface area contributed by atoms with E-state index >= 15 is 0 Å². The highest BCUT2D eigenvalue weighted by molar-refractivity contribution is 6.37. The van der Waals surface area contributed by atoms with Crippen LogP contribution in [0.5, 0.6) is 17.2 Å². The molecule has 3 amide bonds. The van der Waals surface area contributed by atoms with Crippen LogP contribution < -0.4 is 20.1 Å². The van der Waals surface area contributed by atoms with Gasteiger partial charge in [0.1, 0.15) is 11.9 Å². The van der Waals surface area contributed by atoms with E-state index in [-0.39, 0.29) is 39.1 Å². The topological polar surface area (TPSA) is 76.7 Å². The van der Waals surface area contributed by atoms with Gasteiger partial charge in [0.15, 0.2) is 17.2 Å². The van der Waals surface area contributed by atoms with Crippen molar-refractivity contribution in [1.29, 1.82) is 0 Å². The van der Waals surface area contributed by atoms with Crippen molar-refractivity contribution < 1.29 is 23.5 Å². The smallest absolute Gasteiger partial charge is 0.326 e. The zero-order chi connectivity index (χ0) is 24.6. The third-order valence-electron chi connectivity index (χ3n) is 5.38. The molecule has 10 heteroatoms. The summed E-state index contributed by atoms with van der Waals surface area (Å²) in [5.74, 6) is -0.498. The predicted octanol–water partition coefficient (Wildman–Crippen LogP) is 7.42. The van der Waals surface area contributed by atoms with E-state index in [9.17, 15) is 14.0 Å². The molecule has 1 heterocycles. The Labute approximate surface area is 209 Å². The Kier molecular flexibility index (Phi) is 6.89. The number of carbonyl (C=O) groups excluding carboxylic acids is 2. The quantitative estimate of drug-likeness (QED) is 0.373. The number of imide groups is 1. The number of anilines is 1. The summed E-state index contributed by atoms with van der Waals surface area (Å²) < 4.78 is 25.6. The number of carbonyl (C=O) groups is 2. The van der Waals surface area contributed by atoms with E-state index in [1.54, 1.807) is 12.1 Å². The van der Waals surface area contributed by atoms with Crippen LogP contribution in [0.1, 0.15) is 35.7 Å². The van der Waals surface area contributed by atoms with Gasteiger partial charge in [0.25, 0.3) is 5.91 Å². The van der Waals surface area contributed by atoms with E-state index in [0.29, 0.717) is 16.5 Å². The van der Waals surface area contributed by atoms with Crippen LogP contribution in [0.25, 0.3) is 0 Å². The number of halogens is 4. The van der Waals surface area contributed by atoms with Crippen molar-refractivity contribution in [1.82, 2.24) is 5.32 Å². The van der Waals surface area contributed by atoms with Gasteiger partial charge in [-0.3, -0.25) is 10.1 Å². The second kappa shape index (κ2) is 9.70. The summed E-state index contributed by atoms with van der Waals surface area (Å²) >= 11 is 19.1. The van der Waals surface area contributed by atoms with Crippen LogP contribution in [0, 0.1) is 5.82 Å².